The van der Waals surface area contributed by atoms with Crippen LogP contribution >= 0.6 is 23.8 Å². The summed E-state index contributed by atoms with van der Waals surface area (Å²) in [6.45, 7) is 3.48. The van der Waals surface area contributed by atoms with Crippen LogP contribution in [-0.4, -0.2) is 36.7 Å². The molecular weight excluding hydrogens is 407 g/mol. The van der Waals surface area contributed by atoms with E-state index in [1.165, 1.54) is 70.6 Å². The van der Waals surface area contributed by atoms with Gasteiger partial charge in [-0.3, -0.25) is 9.05 Å². The maximum atomic E-state index is 11.4. The number of unbranched alkanes of at least 4 members (excludes halogenated alkanes) is 11. The van der Waals surface area contributed by atoms with Gasteiger partial charge >= 0.3 is 7.82 Å². The number of hydrogen-bond acceptors (Lipinski definition) is 4. The van der Waals surface area contributed by atoms with Crippen molar-refractivity contribution in [1.82, 2.24) is 0 Å². The van der Waals surface area contributed by atoms with Crippen LogP contribution in [0.5, 0.6) is 0 Å². The topological polar surface area (TPSA) is 65.0 Å². The molecule has 25 heavy (non-hydrogen) atoms. The van der Waals surface area contributed by atoms with E-state index < -0.39 is 7.82 Å². The van der Waals surface area contributed by atoms with E-state index in [0.717, 1.165) is 6.42 Å². The van der Waals surface area contributed by atoms with Crippen LogP contribution < -0.4 is 0 Å². The lowest BCUT2D eigenvalue weighted by atomic mass is 10.1. The Hall–Kier alpha value is 0.550. The van der Waals surface area contributed by atoms with Gasteiger partial charge in [-0.2, -0.15) is 0 Å². The Kier molecular flexibility index (Phi) is 19.7. The van der Waals surface area contributed by atoms with E-state index in [4.69, 9.17) is 9.26 Å². The molecule has 0 bridgehead atoms. The highest BCUT2D eigenvalue weighted by molar-refractivity contribution is 9.09. The zero-order valence-electron chi connectivity index (χ0n) is 15.9. The average Bonchev–Trinajstić information content (AvgIpc) is 2.59. The molecule has 0 rings (SSSR count). The minimum atomic E-state index is -3.91. The average molecular weight is 445 g/mol. The molecule has 0 radical (unpaired) electrons. The first kappa shape index (κ1) is 25.6. The third-order valence-electron chi connectivity index (χ3n) is 3.96. The third kappa shape index (κ3) is 20.7. The molecule has 0 aliphatic carbocycles. The quantitative estimate of drug-likeness (QED) is 0.137. The molecule has 1 unspecified atom stereocenters. The van der Waals surface area contributed by atoms with Gasteiger partial charge < -0.3 is 9.63 Å². The van der Waals surface area contributed by atoms with Crippen molar-refractivity contribution in [3.05, 3.63) is 0 Å². The first-order valence-electron chi connectivity index (χ1n) is 9.88. The van der Waals surface area contributed by atoms with E-state index >= 15 is 0 Å². The van der Waals surface area contributed by atoms with Crippen molar-refractivity contribution in [2.24, 2.45) is 0 Å². The van der Waals surface area contributed by atoms with Gasteiger partial charge in [0.2, 0.25) is 0 Å². The van der Waals surface area contributed by atoms with Crippen molar-refractivity contribution in [3.63, 3.8) is 0 Å². The van der Waals surface area contributed by atoms with Crippen LogP contribution in [0.15, 0.2) is 0 Å². The van der Waals surface area contributed by atoms with Crippen LogP contribution in [-0.2, 0) is 18.3 Å². The summed E-state index contributed by atoms with van der Waals surface area (Å²) < 4.78 is 26.2. The summed E-state index contributed by atoms with van der Waals surface area (Å²) >= 11 is 3.12. The number of rotatable bonds is 20. The summed E-state index contributed by atoms with van der Waals surface area (Å²) in [6, 6.07) is 0. The van der Waals surface area contributed by atoms with E-state index in [-0.39, 0.29) is 13.2 Å². The number of phosphoric acid groups is 1. The van der Waals surface area contributed by atoms with Crippen molar-refractivity contribution >= 4 is 23.8 Å². The van der Waals surface area contributed by atoms with Gasteiger partial charge in [-0.25, -0.2) is 4.57 Å². The molecule has 0 aliphatic heterocycles. The van der Waals surface area contributed by atoms with Gasteiger partial charge in [-0.05, 0) is 6.42 Å². The molecule has 0 aromatic rings. The second kappa shape index (κ2) is 19.3. The molecule has 0 saturated carbocycles. The number of phosphoric ester groups is 1. The van der Waals surface area contributed by atoms with Crippen molar-refractivity contribution in [3.8, 4) is 0 Å². The molecule has 0 aromatic carbocycles. The maximum Gasteiger partial charge on any atom is 0.472 e. The summed E-state index contributed by atoms with van der Waals surface area (Å²) in [4.78, 5) is 9.30. The minimum absolute atomic E-state index is 0.0777. The fraction of sp³-hybridized carbons (Fsp3) is 1.00. The summed E-state index contributed by atoms with van der Waals surface area (Å²) in [6.07, 6.45) is 15.8. The molecule has 0 amide bonds. The predicted octanol–water partition coefficient (Wildman–Crippen LogP) is 6.23. The molecule has 7 heteroatoms. The van der Waals surface area contributed by atoms with Gasteiger partial charge in [0.05, 0.1) is 19.8 Å². The number of ether oxygens (including phenoxy) is 1. The van der Waals surface area contributed by atoms with Crippen molar-refractivity contribution in [2.45, 2.75) is 84.0 Å². The van der Waals surface area contributed by atoms with E-state index in [1.54, 1.807) is 0 Å². The Labute approximate surface area is 162 Å². The van der Waals surface area contributed by atoms with Crippen molar-refractivity contribution < 1.29 is 23.2 Å². The fourth-order valence-electron chi connectivity index (χ4n) is 2.55. The van der Waals surface area contributed by atoms with Gasteiger partial charge in [0.15, 0.2) is 0 Å². The van der Waals surface area contributed by atoms with Crippen LogP contribution in [0.4, 0.5) is 0 Å². The monoisotopic (exact) mass is 444 g/mol. The summed E-state index contributed by atoms with van der Waals surface area (Å²) in [7, 11) is -3.91. The second-order valence-electron chi connectivity index (χ2n) is 6.33. The van der Waals surface area contributed by atoms with E-state index in [9.17, 15) is 9.46 Å². The predicted molar refractivity (Wildman–Crippen MR) is 107 cm³/mol. The number of alkyl halides is 1. The summed E-state index contributed by atoms with van der Waals surface area (Å²) in [5.74, 6) is 0. The van der Waals surface area contributed by atoms with Gasteiger partial charge in [-0.1, -0.05) is 93.5 Å². The van der Waals surface area contributed by atoms with Crippen molar-refractivity contribution in [1.29, 1.82) is 0 Å². The smallest absolute Gasteiger partial charge is 0.379 e. The Morgan fingerprint density at radius 1 is 0.720 bits per heavy atom. The summed E-state index contributed by atoms with van der Waals surface area (Å²) in [5.41, 5.74) is 0. The van der Waals surface area contributed by atoms with Gasteiger partial charge in [-0.15, -0.1) is 0 Å². The van der Waals surface area contributed by atoms with E-state index in [0.29, 0.717) is 18.5 Å². The molecule has 1 N–H and O–H groups in total. The number of halogens is 1. The molecule has 1 atom stereocenters. The Morgan fingerprint density at radius 3 is 1.72 bits per heavy atom. The van der Waals surface area contributed by atoms with Crippen LogP contribution in [0.25, 0.3) is 0 Å². The Morgan fingerprint density at radius 2 is 1.20 bits per heavy atom. The zero-order valence-corrected chi connectivity index (χ0v) is 18.4. The molecule has 0 aromatic heterocycles. The van der Waals surface area contributed by atoms with E-state index in [2.05, 4.69) is 27.4 Å². The summed E-state index contributed by atoms with van der Waals surface area (Å²) in [5, 5.41) is 0.496. The highest BCUT2D eigenvalue weighted by Gasteiger charge is 2.19. The van der Waals surface area contributed by atoms with Crippen LogP contribution in [0, 0.1) is 0 Å². The zero-order chi connectivity index (χ0) is 18.6. The highest BCUT2D eigenvalue weighted by Crippen LogP contribution is 2.42. The van der Waals surface area contributed by atoms with Crippen molar-refractivity contribution in [2.75, 3.05) is 31.8 Å². The molecular formula is C18H38BrO5P. The fourth-order valence-corrected chi connectivity index (χ4v) is 3.66. The second-order valence-corrected chi connectivity index (χ2v) is 8.57. The van der Waals surface area contributed by atoms with Gasteiger partial charge in [0, 0.05) is 11.9 Å². The Balaban J connectivity index is 3.15. The highest BCUT2D eigenvalue weighted by atomic mass is 79.9. The Bertz CT molecular complexity index is 318. The standard InChI is InChI=1S/C18H38BrO5P/c1-2-3-4-5-6-7-8-9-10-11-12-13-15-22-17-18-24-25(20,21)23-16-14-19/h2-18H2,1H3,(H,20,21). The molecule has 0 saturated heterocycles. The number of hydrogen-bond donors (Lipinski definition) is 1. The largest absolute Gasteiger partial charge is 0.472 e. The molecule has 0 aliphatic rings. The SMILES string of the molecule is CCCCCCCCCCCCCCOCCOP(=O)(O)OCCBr. The molecule has 0 heterocycles. The minimum Gasteiger partial charge on any atom is -0.379 e. The lowest BCUT2D eigenvalue weighted by molar-refractivity contribution is 0.0760. The maximum absolute atomic E-state index is 11.4. The van der Waals surface area contributed by atoms with Crippen LogP contribution in [0.2, 0.25) is 0 Å². The molecule has 152 valence electrons. The molecule has 0 spiro atoms. The van der Waals surface area contributed by atoms with Gasteiger partial charge in [0.1, 0.15) is 0 Å². The lowest BCUT2D eigenvalue weighted by Crippen LogP contribution is -2.06. The molecule has 5 nitrogen and oxygen atoms in total. The van der Waals surface area contributed by atoms with Crippen LogP contribution in [0.3, 0.4) is 0 Å². The van der Waals surface area contributed by atoms with Gasteiger partial charge in [0.25, 0.3) is 0 Å². The molecule has 0 fully saturated rings. The normalized spacial score (nSPS) is 13.9. The first-order chi connectivity index (χ1) is 12.1. The lowest BCUT2D eigenvalue weighted by Gasteiger charge is -2.11. The third-order valence-corrected chi connectivity index (χ3v) is 5.30. The van der Waals surface area contributed by atoms with Crippen LogP contribution in [0.1, 0.15) is 84.0 Å². The first-order valence-corrected chi connectivity index (χ1v) is 12.5. The van der Waals surface area contributed by atoms with E-state index in [1.807, 2.05) is 0 Å².